The average Bonchev–Trinajstić information content (AvgIpc) is 3.39. The normalized spacial score (nSPS) is 16.9. The van der Waals surface area contributed by atoms with Crippen LogP contribution >= 0.6 is 0 Å². The van der Waals surface area contributed by atoms with Gasteiger partial charge < -0.3 is 14.2 Å². The molecular weight excluding hydrogens is 502 g/mol. The molecule has 7 nitrogen and oxygen atoms in total. The number of hydrogen-bond acceptors (Lipinski definition) is 6. The predicted octanol–water partition coefficient (Wildman–Crippen LogP) is 5.78. The van der Waals surface area contributed by atoms with Gasteiger partial charge in [-0.25, -0.2) is 0 Å². The maximum Gasteiger partial charge on any atom is 0.294 e. The van der Waals surface area contributed by atoms with E-state index in [0.29, 0.717) is 6.04 Å². The Balaban J connectivity index is 0.000000226. The van der Waals surface area contributed by atoms with Gasteiger partial charge in [0.15, 0.2) is 11.5 Å². The number of rotatable bonds is 4. The van der Waals surface area contributed by atoms with Crippen molar-refractivity contribution in [3.63, 3.8) is 0 Å². The van der Waals surface area contributed by atoms with Crippen LogP contribution in [0.2, 0.25) is 0 Å². The fourth-order valence-electron chi connectivity index (χ4n) is 5.71. The van der Waals surface area contributed by atoms with E-state index in [-0.39, 0.29) is 4.90 Å². The van der Waals surface area contributed by atoms with E-state index in [2.05, 4.69) is 35.2 Å². The van der Waals surface area contributed by atoms with Crippen molar-refractivity contribution in [2.75, 3.05) is 27.9 Å². The zero-order chi connectivity index (χ0) is 27.0. The first-order valence-electron chi connectivity index (χ1n) is 12.7. The van der Waals surface area contributed by atoms with Gasteiger partial charge in [-0.3, -0.25) is 9.45 Å². The van der Waals surface area contributed by atoms with Crippen LogP contribution in [0.15, 0.2) is 59.5 Å². The van der Waals surface area contributed by atoms with Crippen LogP contribution in [-0.2, 0) is 23.1 Å². The van der Waals surface area contributed by atoms with E-state index in [9.17, 15) is 8.42 Å². The molecule has 200 valence electrons. The van der Waals surface area contributed by atoms with Crippen LogP contribution < -0.4 is 14.2 Å². The van der Waals surface area contributed by atoms with Gasteiger partial charge in [-0.15, -0.1) is 0 Å². The number of nitrogens with zero attached hydrogens (tertiary/aromatic N) is 1. The first kappa shape index (κ1) is 26.3. The van der Waals surface area contributed by atoms with Crippen molar-refractivity contribution in [2.24, 2.45) is 0 Å². The van der Waals surface area contributed by atoms with Crippen LogP contribution in [0.5, 0.6) is 17.2 Å². The molecular formula is C30H33NO6S. The molecule has 1 saturated heterocycles. The molecule has 2 heterocycles. The van der Waals surface area contributed by atoms with E-state index in [1.165, 1.54) is 64.2 Å². The van der Waals surface area contributed by atoms with Gasteiger partial charge >= 0.3 is 0 Å². The molecule has 0 spiro atoms. The smallest absolute Gasteiger partial charge is 0.294 e. The highest BCUT2D eigenvalue weighted by atomic mass is 32.2. The highest BCUT2D eigenvalue weighted by Gasteiger charge is 2.32. The Morgan fingerprint density at radius 2 is 1.47 bits per heavy atom. The van der Waals surface area contributed by atoms with Crippen LogP contribution in [-0.4, -0.2) is 51.8 Å². The third-order valence-electron chi connectivity index (χ3n) is 7.67. The lowest BCUT2D eigenvalue weighted by Crippen LogP contribution is -2.35. The standard InChI is InChI=1S/C23H25NO3.C7H8O3S/c1-25-15-6-7-16-17-9-14-5-4-8-24(14)13-21(17)20-12-23(27-3)22(26-2)11-19(20)18(16)10-15;1-6-2-4-7(5-3-6)11(8,9)10/h6-7,10-12,14H,4-5,8-9,13H2,1-3H3;2-5H,1H3,(H,8,9,10)/t14-;/m0./s1. The van der Waals surface area contributed by atoms with Gasteiger partial charge in [-0.1, -0.05) is 23.8 Å². The number of methoxy groups -OCH3 is 3. The minimum Gasteiger partial charge on any atom is -0.497 e. The topological polar surface area (TPSA) is 85.3 Å². The third-order valence-corrected chi connectivity index (χ3v) is 8.54. The molecule has 0 bridgehead atoms. The van der Waals surface area contributed by atoms with Crippen molar-refractivity contribution in [1.29, 1.82) is 0 Å². The average molecular weight is 536 g/mol. The Morgan fingerprint density at radius 1 is 0.816 bits per heavy atom. The number of aryl methyl sites for hydroxylation is 1. The maximum atomic E-state index is 10.5. The Kier molecular flexibility index (Phi) is 7.22. The number of ether oxygens (including phenoxy) is 3. The second kappa shape index (κ2) is 10.4. The minimum atomic E-state index is -4.02. The molecule has 38 heavy (non-hydrogen) atoms. The van der Waals surface area contributed by atoms with Gasteiger partial charge in [0, 0.05) is 12.6 Å². The first-order chi connectivity index (χ1) is 18.2. The molecule has 0 saturated carbocycles. The van der Waals surface area contributed by atoms with Gasteiger partial charge in [-0.05, 0) is 102 Å². The molecule has 0 aliphatic carbocycles. The number of hydrogen-bond donors (Lipinski definition) is 1. The number of benzene rings is 4. The summed E-state index contributed by atoms with van der Waals surface area (Å²) in [4.78, 5) is 2.58. The maximum absolute atomic E-state index is 10.5. The summed E-state index contributed by atoms with van der Waals surface area (Å²) in [7, 11) is 1.10. The molecule has 1 atom stereocenters. The van der Waals surface area contributed by atoms with Crippen molar-refractivity contribution >= 4 is 31.7 Å². The quantitative estimate of drug-likeness (QED) is 0.262. The molecule has 4 aromatic carbocycles. The Morgan fingerprint density at radius 3 is 2.11 bits per heavy atom. The van der Waals surface area contributed by atoms with Crippen molar-refractivity contribution in [3.05, 3.63) is 71.3 Å². The highest BCUT2D eigenvalue weighted by Crippen LogP contribution is 2.44. The number of fused-ring (bicyclic) bond motifs is 7. The van der Waals surface area contributed by atoms with Crippen LogP contribution in [0, 0.1) is 6.92 Å². The van der Waals surface area contributed by atoms with Crippen LogP contribution in [0.1, 0.15) is 29.5 Å². The Hall–Kier alpha value is -3.33. The third kappa shape index (κ3) is 4.91. The summed E-state index contributed by atoms with van der Waals surface area (Å²) in [5, 5.41) is 5.05. The summed E-state index contributed by atoms with van der Waals surface area (Å²) in [5.41, 5.74) is 3.90. The summed E-state index contributed by atoms with van der Waals surface area (Å²) in [6.07, 6.45) is 3.74. The van der Waals surface area contributed by atoms with E-state index >= 15 is 0 Å². The van der Waals surface area contributed by atoms with Gasteiger partial charge in [0.25, 0.3) is 10.1 Å². The van der Waals surface area contributed by atoms with Crippen LogP contribution in [0.3, 0.4) is 0 Å². The van der Waals surface area contributed by atoms with Gasteiger partial charge in [0.05, 0.1) is 26.2 Å². The summed E-state index contributed by atoms with van der Waals surface area (Å²) in [5.74, 6) is 2.44. The zero-order valence-corrected chi connectivity index (χ0v) is 23.0. The molecule has 0 radical (unpaired) electrons. The fourth-order valence-corrected chi connectivity index (χ4v) is 6.19. The van der Waals surface area contributed by atoms with E-state index in [1.54, 1.807) is 33.5 Å². The van der Waals surface area contributed by atoms with Crippen molar-refractivity contribution in [1.82, 2.24) is 4.90 Å². The lowest BCUT2D eigenvalue weighted by Gasteiger charge is -2.33. The second-order valence-corrected chi connectivity index (χ2v) is 11.3. The van der Waals surface area contributed by atoms with Gasteiger partial charge in [0.2, 0.25) is 0 Å². The van der Waals surface area contributed by atoms with E-state index in [0.717, 1.165) is 35.8 Å². The molecule has 1 N–H and O–H groups in total. The lowest BCUT2D eigenvalue weighted by molar-refractivity contribution is 0.229. The van der Waals surface area contributed by atoms with Crippen molar-refractivity contribution < 1.29 is 27.2 Å². The van der Waals surface area contributed by atoms with E-state index < -0.39 is 10.1 Å². The Bertz CT molecular complexity index is 1600. The molecule has 2 aliphatic heterocycles. The Labute approximate surface area is 223 Å². The van der Waals surface area contributed by atoms with Crippen molar-refractivity contribution in [2.45, 2.75) is 43.7 Å². The van der Waals surface area contributed by atoms with Crippen LogP contribution in [0.25, 0.3) is 21.5 Å². The summed E-state index contributed by atoms with van der Waals surface area (Å²) < 4.78 is 46.3. The highest BCUT2D eigenvalue weighted by molar-refractivity contribution is 7.85. The molecule has 0 unspecified atom stereocenters. The fraction of sp³-hybridized carbons (Fsp3) is 0.333. The van der Waals surface area contributed by atoms with Gasteiger partial charge in [0.1, 0.15) is 5.75 Å². The summed E-state index contributed by atoms with van der Waals surface area (Å²) in [6, 6.07) is 17.4. The van der Waals surface area contributed by atoms with Crippen molar-refractivity contribution in [3.8, 4) is 17.2 Å². The second-order valence-electron chi connectivity index (χ2n) is 9.88. The van der Waals surface area contributed by atoms with Crippen LogP contribution in [0.4, 0.5) is 0 Å². The van der Waals surface area contributed by atoms with E-state index in [4.69, 9.17) is 18.8 Å². The largest absolute Gasteiger partial charge is 0.497 e. The molecule has 2 aliphatic rings. The molecule has 0 amide bonds. The monoisotopic (exact) mass is 535 g/mol. The zero-order valence-electron chi connectivity index (χ0n) is 22.2. The molecule has 4 aromatic rings. The SMILES string of the molecule is COc1ccc2c3c(c4cc(OC)c(OC)cc4c2c1)CN1CCC[C@H]1C3.Cc1ccc(S(=O)(=O)O)cc1. The predicted molar refractivity (Wildman–Crippen MR) is 149 cm³/mol. The summed E-state index contributed by atoms with van der Waals surface area (Å²) >= 11 is 0. The molecule has 8 heteroatoms. The molecule has 0 aromatic heterocycles. The lowest BCUT2D eigenvalue weighted by atomic mass is 9.85. The first-order valence-corrected chi connectivity index (χ1v) is 14.1. The molecule has 6 rings (SSSR count). The summed E-state index contributed by atoms with van der Waals surface area (Å²) in [6.45, 7) is 4.07. The van der Waals surface area contributed by atoms with E-state index in [1.807, 2.05) is 6.92 Å². The molecule has 1 fully saturated rings. The van der Waals surface area contributed by atoms with Gasteiger partial charge in [-0.2, -0.15) is 8.42 Å². The minimum absolute atomic E-state index is 0.0666.